The second-order valence-corrected chi connectivity index (χ2v) is 4.04. The molecule has 1 fully saturated rings. The van der Waals surface area contributed by atoms with Gasteiger partial charge in [-0.05, 0) is 17.7 Å². The average molecular weight is 218 g/mol. The Balaban J connectivity index is 2.33. The summed E-state index contributed by atoms with van der Waals surface area (Å²) in [6.45, 7) is 0. The van der Waals surface area contributed by atoms with Crippen molar-refractivity contribution in [3.05, 3.63) is 29.8 Å². The third-order valence-corrected chi connectivity index (χ3v) is 2.92. The second kappa shape index (κ2) is 3.96. The number of carbonyl (C=O) groups excluding carboxylic acids is 2. The van der Waals surface area contributed by atoms with E-state index in [4.69, 9.17) is 5.73 Å². The van der Waals surface area contributed by atoms with Gasteiger partial charge in [-0.2, -0.15) is 0 Å². The highest BCUT2D eigenvalue weighted by molar-refractivity contribution is 5.95. The predicted molar refractivity (Wildman–Crippen MR) is 60.6 cm³/mol. The molecule has 4 nitrogen and oxygen atoms in total. The molecule has 0 aromatic heterocycles. The number of ketones is 1. The molecule has 1 aliphatic heterocycles. The summed E-state index contributed by atoms with van der Waals surface area (Å²) in [7, 11) is 1.67. The molecule has 2 rings (SSSR count). The number of nitrogens with two attached hydrogens (primary N) is 1. The molecule has 1 aromatic carbocycles. The molecule has 0 aliphatic carbocycles. The van der Waals surface area contributed by atoms with Crippen LogP contribution in [0.25, 0.3) is 0 Å². The number of hydrogen-bond donors (Lipinski definition) is 1. The number of piperidine rings is 1. The number of nitrogen functional groups attached to an aromatic ring is 1. The largest absolute Gasteiger partial charge is 0.399 e. The average Bonchev–Trinajstić information content (AvgIpc) is 2.27. The summed E-state index contributed by atoms with van der Waals surface area (Å²) in [6.07, 6.45) is 0.652. The summed E-state index contributed by atoms with van der Waals surface area (Å²) in [5, 5.41) is 0. The van der Waals surface area contributed by atoms with Crippen LogP contribution in [0.4, 0.5) is 5.69 Å². The number of nitrogens with zero attached hydrogens (tertiary/aromatic N) is 1. The van der Waals surface area contributed by atoms with E-state index in [1.54, 1.807) is 31.3 Å². The van der Waals surface area contributed by atoms with Crippen molar-refractivity contribution in [2.75, 3.05) is 12.8 Å². The van der Waals surface area contributed by atoms with E-state index >= 15 is 0 Å². The monoisotopic (exact) mass is 218 g/mol. The van der Waals surface area contributed by atoms with E-state index in [-0.39, 0.29) is 11.7 Å². The first-order chi connectivity index (χ1) is 7.59. The Labute approximate surface area is 94.0 Å². The number of carbonyl (C=O) groups is 2. The Kier molecular flexibility index (Phi) is 2.64. The minimum Gasteiger partial charge on any atom is -0.399 e. The number of benzene rings is 1. The zero-order valence-corrected chi connectivity index (χ0v) is 9.14. The van der Waals surface area contributed by atoms with Gasteiger partial charge in [0.1, 0.15) is 6.04 Å². The van der Waals surface area contributed by atoms with E-state index in [1.165, 1.54) is 4.90 Å². The molecule has 0 bridgehead atoms. The summed E-state index contributed by atoms with van der Waals surface area (Å²) < 4.78 is 0. The zero-order chi connectivity index (χ0) is 11.7. The number of likely N-dealkylation sites (N-methyl/N-ethyl adjacent to an activating group) is 1. The Morgan fingerprint density at radius 1 is 1.19 bits per heavy atom. The summed E-state index contributed by atoms with van der Waals surface area (Å²) >= 11 is 0. The van der Waals surface area contributed by atoms with Crippen molar-refractivity contribution >= 4 is 17.4 Å². The first-order valence-electron chi connectivity index (χ1n) is 5.23. The van der Waals surface area contributed by atoms with Gasteiger partial charge in [0.2, 0.25) is 5.91 Å². The van der Waals surface area contributed by atoms with Crippen molar-refractivity contribution in [1.82, 2.24) is 4.90 Å². The summed E-state index contributed by atoms with van der Waals surface area (Å²) in [4.78, 5) is 24.9. The lowest BCUT2D eigenvalue weighted by Crippen LogP contribution is -2.40. The van der Waals surface area contributed by atoms with E-state index in [0.717, 1.165) is 5.56 Å². The maximum absolute atomic E-state index is 11.8. The lowest BCUT2D eigenvalue weighted by Gasteiger charge is -2.31. The molecule has 0 radical (unpaired) electrons. The molecular formula is C12H14N2O2. The fourth-order valence-electron chi connectivity index (χ4n) is 1.99. The molecule has 1 aliphatic rings. The summed E-state index contributed by atoms with van der Waals surface area (Å²) in [5.41, 5.74) is 7.07. The van der Waals surface area contributed by atoms with Gasteiger partial charge in [-0.3, -0.25) is 9.59 Å². The topological polar surface area (TPSA) is 63.4 Å². The fourth-order valence-corrected chi connectivity index (χ4v) is 1.99. The van der Waals surface area contributed by atoms with E-state index in [9.17, 15) is 9.59 Å². The molecule has 1 amide bonds. The normalized spacial score (nSPS) is 21.3. The third-order valence-electron chi connectivity index (χ3n) is 2.92. The lowest BCUT2D eigenvalue weighted by atomic mass is 9.94. The maximum atomic E-state index is 11.8. The second-order valence-electron chi connectivity index (χ2n) is 4.04. The predicted octanol–water partition coefficient (Wildman–Crippen LogP) is 1.13. The van der Waals surface area contributed by atoms with Crippen LogP contribution in [-0.4, -0.2) is 23.6 Å². The van der Waals surface area contributed by atoms with Crippen LogP contribution in [0.15, 0.2) is 24.3 Å². The highest BCUT2D eigenvalue weighted by atomic mass is 16.2. The quantitative estimate of drug-likeness (QED) is 0.719. The van der Waals surface area contributed by atoms with E-state index in [1.807, 2.05) is 0 Å². The standard InChI is InChI=1S/C12H14N2O2/c1-14-11(16)7-6-10(15)12(14)8-2-4-9(13)5-3-8/h2-5,12H,6-7,13H2,1H3. The number of Topliss-reactive ketones (excluding diaryl/α,β-unsaturated/α-hetero) is 1. The molecule has 1 heterocycles. The Morgan fingerprint density at radius 2 is 1.81 bits per heavy atom. The molecule has 1 aromatic rings. The molecule has 2 N–H and O–H groups in total. The molecule has 84 valence electrons. The van der Waals surface area contributed by atoms with Crippen molar-refractivity contribution < 1.29 is 9.59 Å². The molecule has 1 unspecified atom stereocenters. The van der Waals surface area contributed by atoms with Gasteiger partial charge in [0, 0.05) is 25.6 Å². The van der Waals surface area contributed by atoms with Crippen LogP contribution in [0, 0.1) is 0 Å². The van der Waals surface area contributed by atoms with Crippen LogP contribution < -0.4 is 5.73 Å². The molecular weight excluding hydrogens is 204 g/mol. The van der Waals surface area contributed by atoms with Crippen molar-refractivity contribution in [2.45, 2.75) is 18.9 Å². The van der Waals surface area contributed by atoms with E-state index in [2.05, 4.69) is 0 Å². The Bertz CT molecular complexity index is 425. The number of rotatable bonds is 1. The Hall–Kier alpha value is -1.84. The third kappa shape index (κ3) is 1.78. The van der Waals surface area contributed by atoms with Crippen LogP contribution in [0.5, 0.6) is 0 Å². The van der Waals surface area contributed by atoms with E-state index < -0.39 is 6.04 Å². The Morgan fingerprint density at radius 3 is 2.44 bits per heavy atom. The SMILES string of the molecule is CN1C(=O)CCC(=O)C1c1ccc(N)cc1. The molecule has 0 spiro atoms. The van der Waals surface area contributed by atoms with Crippen LogP contribution >= 0.6 is 0 Å². The van der Waals surface area contributed by atoms with Gasteiger partial charge >= 0.3 is 0 Å². The zero-order valence-electron chi connectivity index (χ0n) is 9.14. The summed E-state index contributed by atoms with van der Waals surface area (Å²) in [6, 6.07) is 6.65. The van der Waals surface area contributed by atoms with Crippen LogP contribution in [0.1, 0.15) is 24.4 Å². The van der Waals surface area contributed by atoms with Crippen molar-refractivity contribution in [2.24, 2.45) is 0 Å². The van der Waals surface area contributed by atoms with E-state index in [0.29, 0.717) is 18.5 Å². The first kappa shape index (κ1) is 10.7. The van der Waals surface area contributed by atoms with Crippen LogP contribution in [0.3, 0.4) is 0 Å². The fraction of sp³-hybridized carbons (Fsp3) is 0.333. The van der Waals surface area contributed by atoms with Gasteiger partial charge in [0.05, 0.1) is 0 Å². The first-order valence-corrected chi connectivity index (χ1v) is 5.23. The molecule has 0 saturated carbocycles. The van der Waals surface area contributed by atoms with Gasteiger partial charge in [0.15, 0.2) is 5.78 Å². The molecule has 1 atom stereocenters. The van der Waals surface area contributed by atoms with Gasteiger partial charge in [-0.15, -0.1) is 0 Å². The molecule has 16 heavy (non-hydrogen) atoms. The minimum absolute atomic E-state index is 0.0152. The summed E-state index contributed by atoms with van der Waals surface area (Å²) in [5.74, 6) is 0.105. The van der Waals surface area contributed by atoms with Crippen molar-refractivity contribution in [3.63, 3.8) is 0 Å². The number of hydrogen-bond acceptors (Lipinski definition) is 3. The van der Waals surface area contributed by atoms with Crippen molar-refractivity contribution in [3.8, 4) is 0 Å². The molecule has 4 heteroatoms. The van der Waals surface area contributed by atoms with Crippen molar-refractivity contribution in [1.29, 1.82) is 0 Å². The van der Waals surface area contributed by atoms with Gasteiger partial charge in [0.25, 0.3) is 0 Å². The number of likely N-dealkylation sites (tertiary alicyclic amines) is 1. The highest BCUT2D eigenvalue weighted by Crippen LogP contribution is 2.27. The smallest absolute Gasteiger partial charge is 0.223 e. The molecule has 1 saturated heterocycles. The maximum Gasteiger partial charge on any atom is 0.223 e. The van der Waals surface area contributed by atoms with Crippen LogP contribution in [-0.2, 0) is 9.59 Å². The van der Waals surface area contributed by atoms with Gasteiger partial charge in [-0.1, -0.05) is 12.1 Å². The highest BCUT2D eigenvalue weighted by Gasteiger charge is 2.32. The van der Waals surface area contributed by atoms with Gasteiger partial charge in [-0.25, -0.2) is 0 Å². The number of amides is 1. The van der Waals surface area contributed by atoms with Crippen LogP contribution in [0.2, 0.25) is 0 Å². The van der Waals surface area contributed by atoms with Gasteiger partial charge < -0.3 is 10.6 Å². The minimum atomic E-state index is -0.443. The lowest BCUT2D eigenvalue weighted by molar-refractivity contribution is -0.143. The number of anilines is 1.